The van der Waals surface area contributed by atoms with Crippen molar-refractivity contribution in [3.63, 3.8) is 0 Å². The van der Waals surface area contributed by atoms with Crippen molar-refractivity contribution in [2.45, 2.75) is 20.8 Å². The summed E-state index contributed by atoms with van der Waals surface area (Å²) in [6.45, 7) is 6.56. The molecule has 0 aliphatic carbocycles. The number of fused-ring (bicyclic) bond motifs is 6. The van der Waals surface area contributed by atoms with E-state index in [-0.39, 0.29) is 0 Å². The molecule has 0 aliphatic rings. The number of benzene rings is 6. The van der Waals surface area contributed by atoms with Gasteiger partial charge in [0.15, 0.2) is 0 Å². The van der Waals surface area contributed by atoms with E-state index in [1.807, 2.05) is 29.5 Å². The van der Waals surface area contributed by atoms with Crippen LogP contribution in [0.25, 0.3) is 58.8 Å². The molecule has 0 saturated heterocycles. The predicted molar refractivity (Wildman–Crippen MR) is 180 cm³/mol. The number of hydrogen-bond donors (Lipinski definition) is 0. The van der Waals surface area contributed by atoms with Gasteiger partial charge < -0.3 is 4.57 Å². The zero-order valence-electron chi connectivity index (χ0n) is 23.6. The van der Waals surface area contributed by atoms with Crippen molar-refractivity contribution in [3.05, 3.63) is 150 Å². The maximum Gasteiger partial charge on any atom is 0.0576 e. The van der Waals surface area contributed by atoms with Crippen LogP contribution >= 0.6 is 11.3 Å². The smallest absolute Gasteiger partial charge is 0.0576 e. The Morgan fingerprint density at radius 3 is 1.90 bits per heavy atom. The van der Waals surface area contributed by atoms with Crippen LogP contribution in [-0.4, -0.2) is 4.57 Å². The zero-order valence-corrected chi connectivity index (χ0v) is 24.4. The van der Waals surface area contributed by atoms with Crippen molar-refractivity contribution < 1.29 is 0 Å². The van der Waals surface area contributed by atoms with Gasteiger partial charge in [-0.1, -0.05) is 109 Å². The van der Waals surface area contributed by atoms with Crippen LogP contribution < -0.4 is 0 Å². The van der Waals surface area contributed by atoms with E-state index in [4.69, 9.17) is 0 Å². The second-order valence-electron chi connectivity index (χ2n) is 10.7. The van der Waals surface area contributed by atoms with Gasteiger partial charge in [-0.2, -0.15) is 0 Å². The monoisotopic (exact) mass is 545 g/mol. The predicted octanol–water partition coefficient (Wildman–Crippen LogP) is 11.4. The van der Waals surface area contributed by atoms with Gasteiger partial charge in [-0.3, -0.25) is 0 Å². The summed E-state index contributed by atoms with van der Waals surface area (Å²) in [7, 11) is 0. The molecule has 0 amide bonds. The lowest BCUT2D eigenvalue weighted by atomic mass is 9.94. The molecule has 2 aromatic heterocycles. The molecule has 0 fully saturated rings. The van der Waals surface area contributed by atoms with Crippen LogP contribution in [0.15, 0.2) is 133 Å². The van der Waals surface area contributed by atoms with Crippen LogP contribution in [-0.2, 0) is 0 Å². The van der Waals surface area contributed by atoms with Crippen molar-refractivity contribution >= 4 is 53.3 Å². The Labute approximate surface area is 244 Å². The summed E-state index contributed by atoms with van der Waals surface area (Å²) in [4.78, 5) is 0. The largest absolute Gasteiger partial charge is 0.309 e. The van der Waals surface area contributed by atoms with Gasteiger partial charge in [0, 0.05) is 36.6 Å². The van der Waals surface area contributed by atoms with E-state index >= 15 is 0 Å². The molecular weight excluding hydrogens is 515 g/mol. The van der Waals surface area contributed by atoms with Gasteiger partial charge in [-0.25, -0.2) is 0 Å². The van der Waals surface area contributed by atoms with Crippen molar-refractivity contribution in [1.29, 1.82) is 0 Å². The van der Waals surface area contributed by atoms with E-state index in [1.54, 1.807) is 0 Å². The van der Waals surface area contributed by atoms with Crippen LogP contribution in [0, 0.1) is 20.8 Å². The molecule has 198 valence electrons. The first kappa shape index (κ1) is 25.3. The number of rotatable bonds is 2. The Hall–Kier alpha value is -4.66. The number of hydrogen-bond acceptors (Lipinski definition) is 1. The molecule has 0 saturated carbocycles. The maximum atomic E-state index is 2.46. The summed E-state index contributed by atoms with van der Waals surface area (Å²) < 4.78 is 5.15. The molecule has 41 heavy (non-hydrogen) atoms. The van der Waals surface area contributed by atoms with Crippen LogP contribution in [0.5, 0.6) is 0 Å². The van der Waals surface area contributed by atoms with Gasteiger partial charge in [-0.15, -0.1) is 11.3 Å². The third-order valence-electron chi connectivity index (χ3n) is 8.07. The molecule has 6 aromatic carbocycles. The lowest BCUT2D eigenvalue weighted by Crippen LogP contribution is -1.96. The fraction of sp³-hybridized carbons (Fsp3) is 0.0769. The van der Waals surface area contributed by atoms with Gasteiger partial charge in [0.2, 0.25) is 0 Å². The van der Waals surface area contributed by atoms with Crippen molar-refractivity contribution in [2.75, 3.05) is 0 Å². The molecule has 1 nitrogen and oxygen atoms in total. The Morgan fingerprint density at radius 1 is 0.488 bits per heavy atom. The number of para-hydroxylation sites is 1. The van der Waals surface area contributed by atoms with Gasteiger partial charge >= 0.3 is 0 Å². The maximum absolute atomic E-state index is 2.46. The molecule has 2 heterocycles. The molecule has 0 radical (unpaired) electrons. The summed E-state index contributed by atoms with van der Waals surface area (Å²) in [6.07, 6.45) is 0. The fourth-order valence-electron chi connectivity index (χ4n) is 6.03. The van der Waals surface area contributed by atoms with E-state index in [1.165, 1.54) is 75.5 Å². The minimum absolute atomic E-state index is 1.20. The summed E-state index contributed by atoms with van der Waals surface area (Å²) in [5, 5.41) is 5.32. The van der Waals surface area contributed by atoms with Crippen LogP contribution in [0.4, 0.5) is 0 Å². The average Bonchev–Trinajstić information content (AvgIpc) is 3.53. The summed E-state index contributed by atoms with van der Waals surface area (Å²) in [6, 6.07) is 47.9. The Kier molecular flexibility index (Phi) is 6.41. The standard InChI is InChI=1S/C32H23NS.C7H8/c1-20-10-6-7-13-23(20)24-16-17-26-27-18-28-25-14-8-9-15-30(25)34-31(28)19-29(27)33(32(26)21(24)2)22-11-4-3-5-12-22;1-7-5-3-2-4-6-7/h3-19H,1-2H3;2-6H,1H3. The first-order valence-electron chi connectivity index (χ1n) is 14.1. The van der Waals surface area contributed by atoms with Crippen LogP contribution in [0.3, 0.4) is 0 Å². The minimum Gasteiger partial charge on any atom is -0.309 e. The molecule has 0 N–H and O–H groups in total. The normalized spacial score (nSPS) is 11.3. The fourth-order valence-corrected chi connectivity index (χ4v) is 7.15. The Morgan fingerprint density at radius 2 is 1.17 bits per heavy atom. The van der Waals surface area contributed by atoms with Gasteiger partial charge in [0.25, 0.3) is 0 Å². The van der Waals surface area contributed by atoms with E-state index < -0.39 is 0 Å². The highest BCUT2D eigenvalue weighted by molar-refractivity contribution is 7.25. The first-order valence-corrected chi connectivity index (χ1v) is 14.9. The Balaban J connectivity index is 0.000000348. The van der Waals surface area contributed by atoms with E-state index in [9.17, 15) is 0 Å². The third kappa shape index (κ3) is 4.41. The average molecular weight is 546 g/mol. The van der Waals surface area contributed by atoms with Gasteiger partial charge in [0.05, 0.1) is 11.0 Å². The van der Waals surface area contributed by atoms with Crippen LogP contribution in [0.2, 0.25) is 0 Å². The highest BCUT2D eigenvalue weighted by Gasteiger charge is 2.19. The second kappa shape index (κ2) is 10.4. The Bertz CT molecular complexity index is 2170. The second-order valence-corrected chi connectivity index (χ2v) is 11.8. The number of nitrogens with zero attached hydrogens (tertiary/aromatic N) is 1. The molecule has 2 heteroatoms. The molecular formula is C39H31NS. The molecule has 8 aromatic rings. The van der Waals surface area contributed by atoms with Crippen molar-refractivity contribution in [3.8, 4) is 16.8 Å². The first-order chi connectivity index (χ1) is 20.1. The van der Waals surface area contributed by atoms with Gasteiger partial charge in [0.1, 0.15) is 0 Å². The molecule has 0 spiro atoms. The van der Waals surface area contributed by atoms with E-state index in [0.29, 0.717) is 0 Å². The quantitative estimate of drug-likeness (QED) is 0.204. The van der Waals surface area contributed by atoms with E-state index in [0.717, 1.165) is 0 Å². The SMILES string of the molecule is Cc1ccccc1.Cc1ccccc1-c1ccc2c3cc4c(cc3n(-c3ccccc3)c2c1C)sc1ccccc14. The lowest BCUT2D eigenvalue weighted by molar-refractivity contribution is 1.17. The summed E-state index contributed by atoms with van der Waals surface area (Å²) in [5.41, 5.74) is 10.3. The highest BCUT2D eigenvalue weighted by Crippen LogP contribution is 2.43. The molecule has 0 aliphatic heterocycles. The highest BCUT2D eigenvalue weighted by atomic mass is 32.1. The lowest BCUT2D eigenvalue weighted by Gasteiger charge is -2.14. The summed E-state index contributed by atoms with van der Waals surface area (Å²) in [5.74, 6) is 0. The zero-order chi connectivity index (χ0) is 27.9. The number of aromatic nitrogens is 1. The summed E-state index contributed by atoms with van der Waals surface area (Å²) >= 11 is 1.88. The topological polar surface area (TPSA) is 4.93 Å². The third-order valence-corrected chi connectivity index (χ3v) is 9.20. The van der Waals surface area contributed by atoms with E-state index in [2.05, 4.69) is 141 Å². The number of aryl methyl sites for hydroxylation is 3. The van der Waals surface area contributed by atoms with Crippen molar-refractivity contribution in [2.24, 2.45) is 0 Å². The van der Waals surface area contributed by atoms with Crippen LogP contribution in [0.1, 0.15) is 16.7 Å². The number of thiophene rings is 1. The molecule has 0 unspecified atom stereocenters. The van der Waals surface area contributed by atoms with Gasteiger partial charge in [-0.05, 0) is 73.4 Å². The van der Waals surface area contributed by atoms with Crippen molar-refractivity contribution in [1.82, 2.24) is 4.57 Å². The molecule has 0 bridgehead atoms. The molecule has 0 atom stereocenters. The minimum atomic E-state index is 1.20. The molecule has 8 rings (SSSR count).